The first kappa shape index (κ1) is 23.2. The van der Waals surface area contributed by atoms with Crippen molar-refractivity contribution in [3.8, 4) is 0 Å². The number of aromatic nitrogens is 2. The van der Waals surface area contributed by atoms with E-state index in [9.17, 15) is 4.79 Å². The molecule has 2 aliphatic rings. The third kappa shape index (κ3) is 8.01. The fourth-order valence-corrected chi connectivity index (χ4v) is 4.84. The molecular weight excluding hydrogens is 378 g/mol. The Morgan fingerprint density at radius 2 is 1.83 bits per heavy atom. The molecule has 1 saturated heterocycles. The van der Waals surface area contributed by atoms with Gasteiger partial charge in [0, 0.05) is 5.92 Å². The zero-order chi connectivity index (χ0) is 21.4. The van der Waals surface area contributed by atoms with E-state index in [1.54, 1.807) is 0 Å². The molecule has 1 aliphatic heterocycles. The summed E-state index contributed by atoms with van der Waals surface area (Å²) in [7, 11) is 0. The normalized spacial score (nSPS) is 20.2. The number of rotatable bonds is 9. The van der Waals surface area contributed by atoms with Gasteiger partial charge >= 0.3 is 5.97 Å². The fourth-order valence-electron chi connectivity index (χ4n) is 4.84. The number of nitrogens with zero attached hydrogens (tertiary/aromatic N) is 3. The highest BCUT2D eigenvalue weighted by molar-refractivity contribution is 5.70. The Labute approximate surface area is 182 Å². The molecule has 1 atom stereocenters. The minimum absolute atomic E-state index is 0.0500. The van der Waals surface area contributed by atoms with Gasteiger partial charge in [0.15, 0.2) is 5.82 Å². The Kier molecular flexibility index (Phi) is 8.72. The lowest BCUT2D eigenvalue weighted by Gasteiger charge is -2.24. The van der Waals surface area contributed by atoms with E-state index >= 15 is 0 Å². The minimum atomic E-state index is -0.474. The van der Waals surface area contributed by atoms with E-state index in [2.05, 4.69) is 10.1 Å². The van der Waals surface area contributed by atoms with Gasteiger partial charge in [0.25, 0.3) is 0 Å². The van der Waals surface area contributed by atoms with Crippen LogP contribution in [0.15, 0.2) is 4.52 Å². The number of esters is 1. The second-order valence-corrected chi connectivity index (χ2v) is 10.3. The molecule has 0 bridgehead atoms. The number of piperidine rings is 1. The van der Waals surface area contributed by atoms with Gasteiger partial charge in [-0.2, -0.15) is 4.98 Å². The Morgan fingerprint density at radius 3 is 2.53 bits per heavy atom. The molecule has 1 aliphatic carbocycles. The molecule has 1 aromatic rings. The number of carbonyl (C=O) groups is 1. The van der Waals surface area contributed by atoms with Crippen molar-refractivity contribution in [2.75, 3.05) is 13.1 Å². The summed E-state index contributed by atoms with van der Waals surface area (Å²) in [5.74, 6) is 1.97. The molecule has 2 fully saturated rings. The first-order valence-electron chi connectivity index (χ1n) is 12.2. The van der Waals surface area contributed by atoms with Gasteiger partial charge < -0.3 is 9.26 Å². The summed E-state index contributed by atoms with van der Waals surface area (Å²) in [4.78, 5) is 19.6. The molecule has 0 amide bonds. The van der Waals surface area contributed by atoms with Gasteiger partial charge in [0.05, 0.1) is 13.0 Å². The second-order valence-electron chi connectivity index (χ2n) is 10.3. The zero-order valence-electron chi connectivity index (χ0n) is 19.3. The highest BCUT2D eigenvalue weighted by Gasteiger charge is 2.26. The van der Waals surface area contributed by atoms with Crippen molar-refractivity contribution >= 4 is 5.97 Å². The first-order valence-corrected chi connectivity index (χ1v) is 12.2. The Morgan fingerprint density at radius 1 is 1.13 bits per heavy atom. The maximum atomic E-state index is 12.5. The molecule has 30 heavy (non-hydrogen) atoms. The summed E-state index contributed by atoms with van der Waals surface area (Å²) in [5, 5.41) is 4.23. The van der Waals surface area contributed by atoms with Crippen molar-refractivity contribution < 1.29 is 14.1 Å². The summed E-state index contributed by atoms with van der Waals surface area (Å²) in [5.41, 5.74) is -0.474. The van der Waals surface area contributed by atoms with Gasteiger partial charge in [-0.1, -0.05) is 56.5 Å². The lowest BCUT2D eigenvalue weighted by Crippen LogP contribution is -2.29. The van der Waals surface area contributed by atoms with Crippen LogP contribution in [0.5, 0.6) is 0 Å². The van der Waals surface area contributed by atoms with Crippen molar-refractivity contribution in [1.29, 1.82) is 0 Å². The molecule has 0 radical (unpaired) electrons. The fraction of sp³-hybridized carbons (Fsp3) is 0.875. The molecule has 6 nitrogen and oxygen atoms in total. The monoisotopic (exact) mass is 419 g/mol. The molecule has 2 heterocycles. The van der Waals surface area contributed by atoms with E-state index in [-0.39, 0.29) is 11.9 Å². The predicted octanol–water partition coefficient (Wildman–Crippen LogP) is 5.62. The third-order valence-electron chi connectivity index (χ3n) is 6.37. The molecule has 1 saturated carbocycles. The average molecular weight is 420 g/mol. The number of likely N-dealkylation sites (tertiary alicyclic amines) is 1. The van der Waals surface area contributed by atoms with Crippen LogP contribution in [0.4, 0.5) is 0 Å². The van der Waals surface area contributed by atoms with Gasteiger partial charge in [-0.3, -0.25) is 9.69 Å². The van der Waals surface area contributed by atoms with Crippen LogP contribution in [0.1, 0.15) is 115 Å². The highest BCUT2D eigenvalue weighted by atomic mass is 16.6. The summed E-state index contributed by atoms with van der Waals surface area (Å²) in [6.45, 7) is 8.68. The Hall–Kier alpha value is -1.43. The average Bonchev–Trinajstić information content (AvgIpc) is 3.16. The lowest BCUT2D eigenvalue weighted by molar-refractivity contribution is -0.155. The quantitative estimate of drug-likeness (QED) is 0.484. The summed E-state index contributed by atoms with van der Waals surface area (Å²) in [6.07, 6.45) is 14.2. The SMILES string of the molecule is CC(C)(C)OC(=O)CC(CCCC1CCCCC1)c1nc(CN2CCCCC2)no1. The molecular formula is C24H41N3O3. The summed E-state index contributed by atoms with van der Waals surface area (Å²) >= 11 is 0. The van der Waals surface area contributed by atoms with E-state index in [0.29, 0.717) is 12.3 Å². The first-order chi connectivity index (χ1) is 14.4. The van der Waals surface area contributed by atoms with E-state index in [4.69, 9.17) is 14.2 Å². The molecule has 1 unspecified atom stereocenters. The van der Waals surface area contributed by atoms with E-state index in [0.717, 1.165) is 44.2 Å². The van der Waals surface area contributed by atoms with Crippen LogP contribution in [0.2, 0.25) is 0 Å². The maximum Gasteiger partial charge on any atom is 0.307 e. The standard InChI is InChI=1S/C24H41N3O3/c1-24(2,3)29-22(28)17-20(14-10-13-19-11-6-4-7-12-19)23-25-21(26-30-23)18-27-15-8-5-9-16-27/h19-20H,4-18H2,1-3H3. The summed E-state index contributed by atoms with van der Waals surface area (Å²) < 4.78 is 11.2. The number of ether oxygens (including phenoxy) is 1. The molecule has 0 aromatic carbocycles. The van der Waals surface area contributed by atoms with Crippen LogP contribution < -0.4 is 0 Å². The van der Waals surface area contributed by atoms with Crippen molar-refractivity contribution in [2.45, 2.75) is 116 Å². The van der Waals surface area contributed by atoms with Gasteiger partial charge in [-0.25, -0.2) is 0 Å². The van der Waals surface area contributed by atoms with Crippen LogP contribution in [-0.4, -0.2) is 39.7 Å². The molecule has 0 N–H and O–H groups in total. The van der Waals surface area contributed by atoms with Crippen LogP contribution in [0.25, 0.3) is 0 Å². The highest BCUT2D eigenvalue weighted by Crippen LogP contribution is 2.31. The van der Waals surface area contributed by atoms with Gasteiger partial charge in [0.2, 0.25) is 5.89 Å². The molecule has 6 heteroatoms. The van der Waals surface area contributed by atoms with Gasteiger partial charge in [-0.05, 0) is 59.0 Å². The lowest BCUT2D eigenvalue weighted by atomic mass is 9.84. The van der Waals surface area contributed by atoms with E-state index in [1.807, 2.05) is 20.8 Å². The minimum Gasteiger partial charge on any atom is -0.460 e. The molecule has 170 valence electrons. The van der Waals surface area contributed by atoms with Crippen LogP contribution in [-0.2, 0) is 16.1 Å². The number of hydrogen-bond donors (Lipinski definition) is 0. The number of hydrogen-bond acceptors (Lipinski definition) is 6. The van der Waals surface area contributed by atoms with Gasteiger partial charge in [0.1, 0.15) is 5.60 Å². The summed E-state index contributed by atoms with van der Waals surface area (Å²) in [6, 6.07) is 0. The van der Waals surface area contributed by atoms with Gasteiger partial charge in [-0.15, -0.1) is 0 Å². The maximum absolute atomic E-state index is 12.5. The molecule has 3 rings (SSSR count). The van der Waals surface area contributed by atoms with Crippen LogP contribution in [0, 0.1) is 5.92 Å². The molecule has 1 aromatic heterocycles. The van der Waals surface area contributed by atoms with Crippen molar-refractivity contribution in [2.24, 2.45) is 5.92 Å². The van der Waals surface area contributed by atoms with E-state index in [1.165, 1.54) is 57.8 Å². The Bertz CT molecular complexity index is 640. The molecule has 0 spiro atoms. The third-order valence-corrected chi connectivity index (χ3v) is 6.37. The second kappa shape index (κ2) is 11.3. The van der Waals surface area contributed by atoms with Crippen LogP contribution >= 0.6 is 0 Å². The largest absolute Gasteiger partial charge is 0.460 e. The van der Waals surface area contributed by atoms with Crippen LogP contribution in [0.3, 0.4) is 0 Å². The zero-order valence-corrected chi connectivity index (χ0v) is 19.3. The van der Waals surface area contributed by atoms with Crippen molar-refractivity contribution in [1.82, 2.24) is 15.0 Å². The van der Waals surface area contributed by atoms with Crippen molar-refractivity contribution in [3.05, 3.63) is 11.7 Å². The topological polar surface area (TPSA) is 68.5 Å². The number of carbonyl (C=O) groups excluding carboxylic acids is 1. The van der Waals surface area contributed by atoms with Crippen molar-refractivity contribution in [3.63, 3.8) is 0 Å². The predicted molar refractivity (Wildman–Crippen MR) is 117 cm³/mol. The van der Waals surface area contributed by atoms with E-state index < -0.39 is 5.60 Å². The smallest absolute Gasteiger partial charge is 0.307 e. The Balaban J connectivity index is 1.58.